The minimum atomic E-state index is -0.0437. The van der Waals surface area contributed by atoms with Crippen molar-refractivity contribution >= 4 is 29.5 Å². The summed E-state index contributed by atoms with van der Waals surface area (Å²) >= 11 is 5.84. The van der Waals surface area contributed by atoms with Gasteiger partial charge in [0, 0.05) is 23.8 Å². The van der Waals surface area contributed by atoms with Crippen molar-refractivity contribution in [1.29, 1.82) is 0 Å². The molecule has 0 atom stereocenters. The van der Waals surface area contributed by atoms with Gasteiger partial charge in [0.2, 0.25) is 11.9 Å². The molecule has 0 fully saturated rings. The second-order valence-corrected chi connectivity index (χ2v) is 5.53. The molecule has 0 aliphatic carbocycles. The molecule has 112 valence electrons. The standard InChI is InChI=1S/C16H15ClN4O/c17-13-4-1-11(2-5-13)3-6-15(22)21-8-7-12-9-19-16(18)20-14(12)10-21/h1-6,9H,7-8,10H2,(H2,18,19,20)/b6-3+. The van der Waals surface area contributed by atoms with E-state index in [9.17, 15) is 4.79 Å². The molecule has 0 unspecified atom stereocenters. The number of carbonyl (C=O) groups excluding carboxylic acids is 1. The lowest BCUT2D eigenvalue weighted by Crippen LogP contribution is -2.35. The summed E-state index contributed by atoms with van der Waals surface area (Å²) in [4.78, 5) is 22.2. The second kappa shape index (κ2) is 6.15. The number of nitrogens with zero attached hydrogens (tertiary/aromatic N) is 3. The van der Waals surface area contributed by atoms with E-state index in [-0.39, 0.29) is 11.9 Å². The zero-order chi connectivity index (χ0) is 15.5. The van der Waals surface area contributed by atoms with E-state index in [1.807, 2.05) is 12.1 Å². The number of amides is 1. The van der Waals surface area contributed by atoms with Crippen molar-refractivity contribution in [2.45, 2.75) is 13.0 Å². The van der Waals surface area contributed by atoms with Gasteiger partial charge in [-0.1, -0.05) is 23.7 Å². The first-order chi connectivity index (χ1) is 10.6. The van der Waals surface area contributed by atoms with Crippen LogP contribution in [0, 0.1) is 0 Å². The Balaban J connectivity index is 1.70. The van der Waals surface area contributed by atoms with Crippen molar-refractivity contribution in [1.82, 2.24) is 14.9 Å². The summed E-state index contributed by atoms with van der Waals surface area (Å²) in [5.74, 6) is 0.197. The van der Waals surface area contributed by atoms with E-state index in [2.05, 4.69) is 9.97 Å². The van der Waals surface area contributed by atoms with Crippen molar-refractivity contribution in [3.8, 4) is 0 Å². The fourth-order valence-electron chi connectivity index (χ4n) is 2.35. The van der Waals surface area contributed by atoms with Gasteiger partial charge in [-0.2, -0.15) is 0 Å². The van der Waals surface area contributed by atoms with Gasteiger partial charge in [-0.25, -0.2) is 9.97 Å². The van der Waals surface area contributed by atoms with Crippen LogP contribution in [-0.4, -0.2) is 27.3 Å². The van der Waals surface area contributed by atoms with Crippen LogP contribution in [-0.2, 0) is 17.8 Å². The molecule has 3 rings (SSSR count). The van der Waals surface area contributed by atoms with E-state index in [0.29, 0.717) is 18.1 Å². The minimum Gasteiger partial charge on any atom is -0.368 e. The molecule has 0 bridgehead atoms. The topological polar surface area (TPSA) is 72.1 Å². The summed E-state index contributed by atoms with van der Waals surface area (Å²) in [6.45, 7) is 1.12. The lowest BCUT2D eigenvalue weighted by atomic mass is 10.1. The minimum absolute atomic E-state index is 0.0437. The largest absolute Gasteiger partial charge is 0.368 e. The maximum absolute atomic E-state index is 12.3. The number of benzene rings is 1. The first-order valence-corrected chi connectivity index (χ1v) is 7.32. The van der Waals surface area contributed by atoms with Crippen molar-refractivity contribution < 1.29 is 4.79 Å². The third kappa shape index (κ3) is 3.26. The summed E-state index contributed by atoms with van der Waals surface area (Å²) in [6, 6.07) is 7.32. The number of aromatic nitrogens is 2. The highest BCUT2D eigenvalue weighted by molar-refractivity contribution is 6.30. The van der Waals surface area contributed by atoms with Crippen molar-refractivity contribution in [3.05, 3.63) is 58.4 Å². The third-order valence-electron chi connectivity index (χ3n) is 3.56. The zero-order valence-corrected chi connectivity index (χ0v) is 12.6. The molecule has 2 N–H and O–H groups in total. The van der Waals surface area contributed by atoms with E-state index in [1.165, 1.54) is 0 Å². The Morgan fingerprint density at radius 2 is 2.09 bits per heavy atom. The van der Waals surface area contributed by atoms with Gasteiger partial charge in [0.05, 0.1) is 12.2 Å². The van der Waals surface area contributed by atoms with Crippen molar-refractivity contribution in [2.75, 3.05) is 12.3 Å². The van der Waals surface area contributed by atoms with E-state index < -0.39 is 0 Å². The van der Waals surface area contributed by atoms with Gasteiger partial charge >= 0.3 is 0 Å². The van der Waals surface area contributed by atoms with E-state index >= 15 is 0 Å². The molecule has 2 aromatic rings. The number of hydrogen-bond acceptors (Lipinski definition) is 4. The number of carbonyl (C=O) groups is 1. The van der Waals surface area contributed by atoms with Crippen LogP contribution in [0.3, 0.4) is 0 Å². The molecule has 0 saturated heterocycles. The normalized spacial score (nSPS) is 14.1. The van der Waals surface area contributed by atoms with Crippen LogP contribution in [0.5, 0.6) is 0 Å². The Hall–Kier alpha value is -2.40. The summed E-state index contributed by atoms with van der Waals surface area (Å²) in [6.07, 6.45) is 5.83. The third-order valence-corrected chi connectivity index (χ3v) is 3.82. The summed E-state index contributed by atoms with van der Waals surface area (Å²) < 4.78 is 0. The molecule has 1 aliphatic heterocycles. The number of nitrogen functional groups attached to an aromatic ring is 1. The average molecular weight is 315 g/mol. The summed E-state index contributed by atoms with van der Waals surface area (Å²) in [5.41, 5.74) is 8.41. The van der Waals surface area contributed by atoms with E-state index in [1.54, 1.807) is 35.4 Å². The van der Waals surface area contributed by atoms with Gasteiger partial charge in [0.1, 0.15) is 0 Å². The first kappa shape index (κ1) is 14.5. The van der Waals surface area contributed by atoms with Gasteiger partial charge in [0.25, 0.3) is 0 Å². The van der Waals surface area contributed by atoms with Gasteiger partial charge in [0.15, 0.2) is 0 Å². The molecule has 1 aliphatic rings. The average Bonchev–Trinajstić information content (AvgIpc) is 2.53. The Bertz CT molecular complexity index is 727. The predicted octanol–water partition coefficient (Wildman–Crippen LogP) is 2.31. The fourth-order valence-corrected chi connectivity index (χ4v) is 2.48. The van der Waals surface area contributed by atoms with Gasteiger partial charge in [-0.3, -0.25) is 4.79 Å². The van der Waals surface area contributed by atoms with Crippen molar-refractivity contribution in [2.24, 2.45) is 0 Å². The number of hydrogen-bond donors (Lipinski definition) is 1. The highest BCUT2D eigenvalue weighted by Crippen LogP contribution is 2.17. The Kier molecular flexibility index (Phi) is 4.06. The summed E-state index contributed by atoms with van der Waals surface area (Å²) in [5, 5.41) is 0.674. The zero-order valence-electron chi connectivity index (χ0n) is 11.9. The van der Waals surface area contributed by atoms with Crippen LogP contribution in [0.15, 0.2) is 36.5 Å². The van der Waals surface area contributed by atoms with Crippen LogP contribution < -0.4 is 5.73 Å². The molecule has 2 heterocycles. The van der Waals surface area contributed by atoms with Gasteiger partial charge < -0.3 is 10.6 Å². The quantitative estimate of drug-likeness (QED) is 0.863. The molecule has 1 amide bonds. The Morgan fingerprint density at radius 3 is 2.86 bits per heavy atom. The molecular formula is C16H15ClN4O. The molecule has 6 heteroatoms. The smallest absolute Gasteiger partial charge is 0.246 e. The molecule has 1 aromatic carbocycles. The van der Waals surface area contributed by atoms with Crippen molar-refractivity contribution in [3.63, 3.8) is 0 Å². The molecule has 1 aromatic heterocycles. The monoisotopic (exact) mass is 314 g/mol. The van der Waals surface area contributed by atoms with Crippen LogP contribution in [0.4, 0.5) is 5.95 Å². The second-order valence-electron chi connectivity index (χ2n) is 5.09. The lowest BCUT2D eigenvalue weighted by molar-refractivity contribution is -0.126. The predicted molar refractivity (Wildman–Crippen MR) is 86.1 cm³/mol. The maximum Gasteiger partial charge on any atom is 0.246 e. The molecule has 0 radical (unpaired) electrons. The highest BCUT2D eigenvalue weighted by atomic mass is 35.5. The maximum atomic E-state index is 12.3. The van der Waals surface area contributed by atoms with Gasteiger partial charge in [-0.15, -0.1) is 0 Å². The number of nitrogens with two attached hydrogens (primary N) is 1. The lowest BCUT2D eigenvalue weighted by Gasteiger charge is -2.26. The van der Waals surface area contributed by atoms with Gasteiger partial charge in [-0.05, 0) is 35.8 Å². The molecule has 5 nitrogen and oxygen atoms in total. The number of rotatable bonds is 2. The Morgan fingerprint density at radius 1 is 1.32 bits per heavy atom. The molecule has 22 heavy (non-hydrogen) atoms. The number of halogens is 1. The van der Waals surface area contributed by atoms with E-state index in [4.69, 9.17) is 17.3 Å². The van der Waals surface area contributed by atoms with Crippen LogP contribution >= 0.6 is 11.6 Å². The number of anilines is 1. The van der Waals surface area contributed by atoms with Crippen LogP contribution in [0.1, 0.15) is 16.8 Å². The molecular weight excluding hydrogens is 300 g/mol. The molecule has 0 saturated carbocycles. The highest BCUT2D eigenvalue weighted by Gasteiger charge is 2.20. The first-order valence-electron chi connectivity index (χ1n) is 6.94. The van der Waals surface area contributed by atoms with Crippen LogP contribution in [0.25, 0.3) is 6.08 Å². The van der Waals surface area contributed by atoms with E-state index in [0.717, 1.165) is 23.2 Å². The van der Waals surface area contributed by atoms with Crippen LogP contribution in [0.2, 0.25) is 5.02 Å². The SMILES string of the molecule is Nc1ncc2c(n1)CN(C(=O)/C=C/c1ccc(Cl)cc1)CC2. The Labute approximate surface area is 133 Å². The fraction of sp³-hybridized carbons (Fsp3) is 0.188. The number of fused-ring (bicyclic) bond motifs is 1. The summed E-state index contributed by atoms with van der Waals surface area (Å²) in [7, 11) is 0. The molecule has 0 spiro atoms.